The van der Waals surface area contributed by atoms with E-state index in [0.29, 0.717) is 23.9 Å². The number of nitrogens with zero attached hydrogens (tertiary/aromatic N) is 1. The maximum atomic E-state index is 12.9. The van der Waals surface area contributed by atoms with E-state index in [4.69, 9.17) is 9.05 Å². The van der Waals surface area contributed by atoms with E-state index < -0.39 is 20.0 Å². The molecule has 0 aromatic carbocycles. The molecule has 0 spiro atoms. The van der Waals surface area contributed by atoms with Crippen LogP contribution in [0.25, 0.3) is 0 Å². The zero-order chi connectivity index (χ0) is 47.8. The molecule has 390 valence electrons. The first kappa shape index (κ1) is 64.5. The lowest BCUT2D eigenvalue weighted by Gasteiger charge is -2.30. The van der Waals surface area contributed by atoms with Crippen LogP contribution in [-0.2, 0) is 18.4 Å². The molecule has 2 N–H and O–H groups in total. The molecule has 0 rings (SSSR count). The molecule has 0 aromatic heterocycles. The summed E-state index contributed by atoms with van der Waals surface area (Å²) in [7, 11) is 1.32. The number of aliphatic hydroxyl groups excluding tert-OH is 1. The Morgan fingerprint density at radius 3 is 1.05 bits per heavy atom. The smallest absolute Gasteiger partial charge is 0.268 e. The van der Waals surface area contributed by atoms with Crippen LogP contribution < -0.4 is 10.2 Å². The van der Waals surface area contributed by atoms with Gasteiger partial charge in [-0.3, -0.25) is 9.36 Å². The molecule has 0 aliphatic rings. The first-order valence-corrected chi connectivity index (χ1v) is 30.3. The van der Waals surface area contributed by atoms with Crippen molar-refractivity contribution >= 4 is 13.7 Å². The van der Waals surface area contributed by atoms with Gasteiger partial charge in [-0.15, -0.1) is 0 Å². The van der Waals surface area contributed by atoms with Gasteiger partial charge < -0.3 is 28.8 Å². The highest BCUT2D eigenvalue weighted by molar-refractivity contribution is 7.45. The lowest BCUT2D eigenvalue weighted by Crippen LogP contribution is -2.46. The van der Waals surface area contributed by atoms with Crippen molar-refractivity contribution in [2.75, 3.05) is 40.9 Å². The number of carbonyl (C=O) groups is 1. The van der Waals surface area contributed by atoms with Gasteiger partial charge in [0.2, 0.25) is 5.91 Å². The molecule has 1 amide bonds. The summed E-state index contributed by atoms with van der Waals surface area (Å²) in [6, 6.07) is -0.793. The molecule has 0 aromatic rings. The normalized spacial score (nSPS) is 13.9. The SMILES string of the molecule is CCCCCCCCCCCCCCCCCCCCCCCCCCCCCCCCCCC(=O)NC(COP(=O)([O-])OCC[N+](C)(C)C)C(O)CCCCCCCCCCCCC. The van der Waals surface area contributed by atoms with Gasteiger partial charge in [0, 0.05) is 6.42 Å². The molecule has 3 unspecified atom stereocenters. The Morgan fingerprint density at radius 1 is 0.477 bits per heavy atom. The average molecular weight is 944 g/mol. The quantitative estimate of drug-likeness (QED) is 0.0357. The Kier molecular flexibility index (Phi) is 48.1. The van der Waals surface area contributed by atoms with Crippen LogP contribution in [0.3, 0.4) is 0 Å². The maximum Gasteiger partial charge on any atom is 0.268 e. The average Bonchev–Trinajstić information content (AvgIpc) is 3.26. The van der Waals surface area contributed by atoms with Gasteiger partial charge in [-0.2, -0.15) is 0 Å². The molecule has 0 radical (unpaired) electrons. The molecule has 9 heteroatoms. The zero-order valence-electron chi connectivity index (χ0n) is 44.5. The van der Waals surface area contributed by atoms with Crippen molar-refractivity contribution in [2.24, 2.45) is 0 Å². The Morgan fingerprint density at radius 2 is 0.754 bits per heavy atom. The van der Waals surface area contributed by atoms with Gasteiger partial charge in [-0.25, -0.2) is 0 Å². The van der Waals surface area contributed by atoms with Crippen molar-refractivity contribution in [3.63, 3.8) is 0 Å². The van der Waals surface area contributed by atoms with Gasteiger partial charge >= 0.3 is 0 Å². The third kappa shape index (κ3) is 51.2. The van der Waals surface area contributed by atoms with Crippen molar-refractivity contribution in [1.82, 2.24) is 5.32 Å². The molecule has 0 heterocycles. The summed E-state index contributed by atoms with van der Waals surface area (Å²) in [6.45, 7) is 4.75. The number of phosphoric ester groups is 1. The van der Waals surface area contributed by atoms with E-state index in [1.54, 1.807) is 0 Å². The molecular formula is C56H115N2O6P. The Hall–Kier alpha value is -0.500. The molecule has 8 nitrogen and oxygen atoms in total. The van der Waals surface area contributed by atoms with Crippen LogP contribution >= 0.6 is 7.82 Å². The van der Waals surface area contributed by atoms with E-state index in [9.17, 15) is 19.4 Å². The predicted octanol–water partition coefficient (Wildman–Crippen LogP) is 16.6. The fraction of sp³-hybridized carbons (Fsp3) is 0.982. The van der Waals surface area contributed by atoms with Crippen molar-refractivity contribution in [2.45, 2.75) is 315 Å². The van der Waals surface area contributed by atoms with Crippen LogP contribution in [0.15, 0.2) is 0 Å². The van der Waals surface area contributed by atoms with Gasteiger partial charge in [0.1, 0.15) is 13.2 Å². The summed E-state index contributed by atoms with van der Waals surface area (Å²) in [5, 5.41) is 13.9. The second-order valence-electron chi connectivity index (χ2n) is 21.4. The van der Waals surface area contributed by atoms with Gasteiger partial charge in [0.25, 0.3) is 7.82 Å². The standard InChI is InChI=1S/C56H115N2O6P/c1-6-8-10-12-14-16-18-19-20-21-22-23-24-25-26-27-28-29-30-31-32-33-34-35-36-37-38-40-42-44-46-48-50-56(60)57-54(53-64-65(61,62)63-52-51-58(3,4)5)55(59)49-47-45-43-41-39-17-15-13-11-9-7-2/h54-55,59H,6-53H2,1-5H3,(H-,57,60,61,62). The van der Waals surface area contributed by atoms with Crippen molar-refractivity contribution in [3.05, 3.63) is 0 Å². The van der Waals surface area contributed by atoms with E-state index in [-0.39, 0.29) is 19.1 Å². The molecule has 0 fully saturated rings. The number of hydrogen-bond acceptors (Lipinski definition) is 6. The third-order valence-corrected chi connectivity index (χ3v) is 14.6. The minimum Gasteiger partial charge on any atom is -0.756 e. The second-order valence-corrected chi connectivity index (χ2v) is 22.8. The molecule has 0 saturated carbocycles. The largest absolute Gasteiger partial charge is 0.756 e. The first-order valence-electron chi connectivity index (χ1n) is 28.9. The molecule has 0 saturated heterocycles. The minimum atomic E-state index is -4.56. The van der Waals surface area contributed by atoms with E-state index in [1.807, 2.05) is 21.1 Å². The highest BCUT2D eigenvalue weighted by atomic mass is 31.2. The number of carbonyl (C=O) groups excluding carboxylic acids is 1. The Bertz CT molecular complexity index is 1030. The molecule has 65 heavy (non-hydrogen) atoms. The van der Waals surface area contributed by atoms with Gasteiger partial charge in [-0.1, -0.05) is 284 Å². The van der Waals surface area contributed by atoms with Crippen molar-refractivity contribution < 1.29 is 32.9 Å². The number of rotatable bonds is 54. The number of aliphatic hydroxyl groups is 1. The number of unbranched alkanes of at least 4 members (excludes halogenated alkanes) is 41. The monoisotopic (exact) mass is 943 g/mol. The molecule has 0 aliphatic heterocycles. The summed E-state index contributed by atoms with van der Waals surface area (Å²) in [5.41, 5.74) is 0. The first-order chi connectivity index (χ1) is 31.5. The lowest BCUT2D eigenvalue weighted by molar-refractivity contribution is -0.870. The summed E-state index contributed by atoms with van der Waals surface area (Å²) < 4.78 is 23.3. The van der Waals surface area contributed by atoms with Gasteiger partial charge in [0.05, 0.1) is 39.9 Å². The highest BCUT2D eigenvalue weighted by Gasteiger charge is 2.24. The molecule has 0 bridgehead atoms. The number of hydrogen-bond donors (Lipinski definition) is 2. The van der Waals surface area contributed by atoms with Gasteiger partial charge in [0.15, 0.2) is 0 Å². The Balaban J connectivity index is 3.89. The minimum absolute atomic E-state index is 0.0162. The zero-order valence-corrected chi connectivity index (χ0v) is 45.4. The summed E-state index contributed by atoms with van der Waals surface area (Å²) >= 11 is 0. The van der Waals surface area contributed by atoms with Crippen LogP contribution in [0.5, 0.6) is 0 Å². The van der Waals surface area contributed by atoms with Crippen LogP contribution in [0, 0.1) is 0 Å². The van der Waals surface area contributed by atoms with Gasteiger partial charge in [-0.05, 0) is 12.8 Å². The van der Waals surface area contributed by atoms with Crippen LogP contribution in [0.1, 0.15) is 303 Å². The van der Waals surface area contributed by atoms with Crippen LogP contribution in [0.4, 0.5) is 0 Å². The predicted molar refractivity (Wildman–Crippen MR) is 279 cm³/mol. The number of amides is 1. The van der Waals surface area contributed by atoms with E-state index in [0.717, 1.165) is 38.5 Å². The molecule has 3 atom stereocenters. The van der Waals surface area contributed by atoms with E-state index in [2.05, 4.69) is 19.2 Å². The van der Waals surface area contributed by atoms with E-state index >= 15 is 0 Å². The fourth-order valence-electron chi connectivity index (χ4n) is 9.04. The summed E-state index contributed by atoms with van der Waals surface area (Å²) in [4.78, 5) is 25.4. The van der Waals surface area contributed by atoms with Crippen LogP contribution in [0.2, 0.25) is 0 Å². The number of likely N-dealkylation sites (N-methyl/N-ethyl adjacent to an activating group) is 1. The van der Waals surface area contributed by atoms with Crippen molar-refractivity contribution in [1.29, 1.82) is 0 Å². The second kappa shape index (κ2) is 48.5. The number of phosphoric acid groups is 1. The van der Waals surface area contributed by atoms with Crippen molar-refractivity contribution in [3.8, 4) is 0 Å². The van der Waals surface area contributed by atoms with Crippen LogP contribution in [-0.4, -0.2) is 68.5 Å². The summed E-state index contributed by atoms with van der Waals surface area (Å²) in [5.74, 6) is -0.158. The maximum absolute atomic E-state index is 12.9. The van der Waals surface area contributed by atoms with E-state index in [1.165, 1.54) is 238 Å². The summed E-state index contributed by atoms with van der Waals surface area (Å²) in [6.07, 6.45) is 57.3. The lowest BCUT2D eigenvalue weighted by atomic mass is 10.0. The molecule has 0 aliphatic carbocycles. The molecular weight excluding hydrogens is 828 g/mol. The Labute approximate surface area is 406 Å². The number of quaternary nitrogens is 1. The number of nitrogens with one attached hydrogen (secondary N) is 1. The fourth-order valence-corrected chi connectivity index (χ4v) is 9.77. The third-order valence-electron chi connectivity index (χ3n) is 13.6. The topological polar surface area (TPSA) is 108 Å². The highest BCUT2D eigenvalue weighted by Crippen LogP contribution is 2.38.